The van der Waals surface area contributed by atoms with Gasteiger partial charge < -0.3 is 24.3 Å². The van der Waals surface area contributed by atoms with Crippen LogP contribution in [0.3, 0.4) is 0 Å². The Morgan fingerprint density at radius 2 is 1.53 bits per heavy atom. The van der Waals surface area contributed by atoms with Crippen molar-refractivity contribution >= 4 is 11.6 Å². The molecule has 0 fully saturated rings. The zero-order valence-electron chi connectivity index (χ0n) is 17.1. The zero-order chi connectivity index (χ0) is 21.2. The van der Waals surface area contributed by atoms with Gasteiger partial charge in [-0.05, 0) is 49.4 Å². The van der Waals surface area contributed by atoms with E-state index in [2.05, 4.69) is 5.32 Å². The first-order valence-electron chi connectivity index (χ1n) is 9.73. The number of nitrogens with one attached hydrogen (secondary N) is 1. The molecule has 0 aliphatic rings. The number of rotatable bonds is 10. The number of hydrogen-bond donors (Lipinski definition) is 1. The Morgan fingerprint density at radius 3 is 2.30 bits per heavy atom. The van der Waals surface area contributed by atoms with Crippen LogP contribution in [0.25, 0.3) is 0 Å². The second-order valence-corrected chi connectivity index (χ2v) is 6.26. The molecular formula is C24H25NO5. The van der Waals surface area contributed by atoms with E-state index >= 15 is 0 Å². The van der Waals surface area contributed by atoms with Crippen LogP contribution in [-0.4, -0.2) is 32.8 Å². The van der Waals surface area contributed by atoms with Gasteiger partial charge in [-0.1, -0.05) is 30.3 Å². The molecule has 3 aromatic rings. The van der Waals surface area contributed by atoms with Crippen LogP contribution in [-0.2, 0) is 0 Å². The van der Waals surface area contributed by atoms with Gasteiger partial charge in [0.1, 0.15) is 24.7 Å². The minimum Gasteiger partial charge on any atom is -0.495 e. The number of methoxy groups -OCH3 is 1. The van der Waals surface area contributed by atoms with Crippen molar-refractivity contribution in [2.75, 3.05) is 32.2 Å². The molecule has 6 nitrogen and oxygen atoms in total. The number of ether oxygens (including phenoxy) is 4. The molecule has 0 aliphatic heterocycles. The quantitative estimate of drug-likeness (QED) is 0.489. The summed E-state index contributed by atoms with van der Waals surface area (Å²) in [5, 5.41) is 2.86. The van der Waals surface area contributed by atoms with Crippen molar-refractivity contribution in [1.82, 2.24) is 0 Å². The molecule has 0 aromatic heterocycles. The Balaban J connectivity index is 1.64. The molecule has 0 radical (unpaired) electrons. The minimum atomic E-state index is -0.264. The van der Waals surface area contributed by atoms with Crippen molar-refractivity contribution in [2.45, 2.75) is 6.92 Å². The summed E-state index contributed by atoms with van der Waals surface area (Å²) in [6.07, 6.45) is 0. The van der Waals surface area contributed by atoms with Gasteiger partial charge in [-0.15, -0.1) is 0 Å². The molecule has 0 unspecified atom stereocenters. The minimum absolute atomic E-state index is 0.264. The van der Waals surface area contributed by atoms with Crippen molar-refractivity contribution in [3.8, 4) is 23.0 Å². The van der Waals surface area contributed by atoms with Crippen molar-refractivity contribution in [3.05, 3.63) is 78.4 Å². The number of hydrogen-bond acceptors (Lipinski definition) is 5. The lowest BCUT2D eigenvalue weighted by Crippen LogP contribution is -2.14. The van der Waals surface area contributed by atoms with Gasteiger partial charge in [0.05, 0.1) is 19.4 Å². The van der Waals surface area contributed by atoms with Gasteiger partial charge in [0.15, 0.2) is 11.5 Å². The summed E-state index contributed by atoms with van der Waals surface area (Å²) in [5.74, 6) is 2.18. The van der Waals surface area contributed by atoms with Gasteiger partial charge in [-0.2, -0.15) is 0 Å². The highest BCUT2D eigenvalue weighted by Crippen LogP contribution is 2.30. The van der Waals surface area contributed by atoms with E-state index in [0.29, 0.717) is 48.3 Å². The third kappa shape index (κ3) is 5.67. The predicted molar refractivity (Wildman–Crippen MR) is 116 cm³/mol. The van der Waals surface area contributed by atoms with E-state index in [4.69, 9.17) is 18.9 Å². The summed E-state index contributed by atoms with van der Waals surface area (Å²) < 4.78 is 22.4. The van der Waals surface area contributed by atoms with Crippen LogP contribution in [0.1, 0.15) is 17.3 Å². The Hall–Kier alpha value is -3.67. The summed E-state index contributed by atoms with van der Waals surface area (Å²) in [6.45, 7) is 3.08. The van der Waals surface area contributed by atoms with E-state index in [1.165, 1.54) is 0 Å². The number of benzene rings is 3. The van der Waals surface area contributed by atoms with Crippen LogP contribution in [0.15, 0.2) is 72.8 Å². The SMILES string of the molecule is CCOc1cc(C(=O)Nc2ccccc2OC)ccc1OCCOc1ccccc1. The van der Waals surface area contributed by atoms with Crippen LogP contribution in [0.5, 0.6) is 23.0 Å². The Bertz CT molecular complexity index is 959. The summed E-state index contributed by atoms with van der Waals surface area (Å²) in [7, 11) is 1.56. The summed E-state index contributed by atoms with van der Waals surface area (Å²) in [5.41, 5.74) is 1.05. The number of para-hydroxylation sites is 3. The molecular weight excluding hydrogens is 382 g/mol. The van der Waals surface area contributed by atoms with Crippen LogP contribution < -0.4 is 24.3 Å². The molecule has 30 heavy (non-hydrogen) atoms. The van der Waals surface area contributed by atoms with E-state index in [1.54, 1.807) is 37.4 Å². The van der Waals surface area contributed by atoms with Crippen LogP contribution in [0.2, 0.25) is 0 Å². The molecule has 0 bridgehead atoms. The second-order valence-electron chi connectivity index (χ2n) is 6.26. The highest BCUT2D eigenvalue weighted by molar-refractivity contribution is 6.05. The predicted octanol–water partition coefficient (Wildman–Crippen LogP) is 4.80. The average Bonchev–Trinajstić information content (AvgIpc) is 2.78. The number of amides is 1. The van der Waals surface area contributed by atoms with Gasteiger partial charge in [-0.25, -0.2) is 0 Å². The molecule has 3 aromatic carbocycles. The molecule has 0 atom stereocenters. The first-order chi connectivity index (χ1) is 14.7. The molecule has 0 aliphatic carbocycles. The fourth-order valence-corrected chi connectivity index (χ4v) is 2.81. The van der Waals surface area contributed by atoms with Crippen LogP contribution >= 0.6 is 0 Å². The molecule has 0 saturated heterocycles. The number of carbonyl (C=O) groups excluding carboxylic acids is 1. The second kappa shape index (κ2) is 10.8. The molecule has 6 heteroatoms. The maximum atomic E-state index is 12.7. The molecule has 0 saturated carbocycles. The van der Waals surface area contributed by atoms with Crippen molar-refractivity contribution < 1.29 is 23.7 Å². The standard InChI is InChI=1S/C24H25NO5/c1-3-28-23-17-18(24(26)25-20-11-7-8-12-21(20)27-2)13-14-22(23)30-16-15-29-19-9-5-4-6-10-19/h4-14,17H,3,15-16H2,1-2H3,(H,25,26). The van der Waals surface area contributed by atoms with Gasteiger partial charge in [0.2, 0.25) is 0 Å². The highest BCUT2D eigenvalue weighted by atomic mass is 16.5. The van der Waals surface area contributed by atoms with Gasteiger partial charge in [-0.3, -0.25) is 4.79 Å². The Kier molecular flexibility index (Phi) is 7.55. The first kappa shape index (κ1) is 21.0. The largest absolute Gasteiger partial charge is 0.495 e. The van der Waals surface area contributed by atoms with E-state index in [-0.39, 0.29) is 5.91 Å². The summed E-state index contributed by atoms with van der Waals surface area (Å²) in [4.78, 5) is 12.7. The lowest BCUT2D eigenvalue weighted by Gasteiger charge is -2.14. The molecule has 1 N–H and O–H groups in total. The monoisotopic (exact) mass is 407 g/mol. The van der Waals surface area contributed by atoms with Crippen molar-refractivity contribution in [1.29, 1.82) is 0 Å². The average molecular weight is 407 g/mol. The van der Waals surface area contributed by atoms with Crippen LogP contribution in [0, 0.1) is 0 Å². The highest BCUT2D eigenvalue weighted by Gasteiger charge is 2.13. The fourth-order valence-electron chi connectivity index (χ4n) is 2.81. The van der Waals surface area contributed by atoms with Crippen LogP contribution in [0.4, 0.5) is 5.69 Å². The zero-order valence-corrected chi connectivity index (χ0v) is 17.1. The smallest absolute Gasteiger partial charge is 0.255 e. The van der Waals surface area contributed by atoms with Gasteiger partial charge >= 0.3 is 0 Å². The third-order valence-corrected chi connectivity index (χ3v) is 4.21. The lowest BCUT2D eigenvalue weighted by atomic mass is 10.1. The maximum Gasteiger partial charge on any atom is 0.255 e. The molecule has 3 rings (SSSR count). The number of anilines is 1. The van der Waals surface area contributed by atoms with Crippen molar-refractivity contribution in [2.24, 2.45) is 0 Å². The Morgan fingerprint density at radius 1 is 0.800 bits per heavy atom. The topological polar surface area (TPSA) is 66.0 Å². The van der Waals surface area contributed by atoms with E-state index in [1.807, 2.05) is 49.4 Å². The molecule has 0 heterocycles. The molecule has 0 spiro atoms. The lowest BCUT2D eigenvalue weighted by molar-refractivity contribution is 0.102. The van der Waals surface area contributed by atoms with Crippen molar-refractivity contribution in [3.63, 3.8) is 0 Å². The van der Waals surface area contributed by atoms with E-state index < -0.39 is 0 Å². The van der Waals surface area contributed by atoms with Gasteiger partial charge in [0.25, 0.3) is 5.91 Å². The van der Waals surface area contributed by atoms with Gasteiger partial charge in [0, 0.05) is 5.56 Å². The fraction of sp³-hybridized carbons (Fsp3) is 0.208. The molecule has 156 valence electrons. The van der Waals surface area contributed by atoms with E-state index in [9.17, 15) is 4.79 Å². The third-order valence-electron chi connectivity index (χ3n) is 4.21. The normalized spacial score (nSPS) is 10.2. The Labute approximate surface area is 176 Å². The maximum absolute atomic E-state index is 12.7. The first-order valence-corrected chi connectivity index (χ1v) is 9.73. The summed E-state index contributed by atoms with van der Waals surface area (Å²) in [6, 6.07) is 21.9. The molecule has 1 amide bonds. The van der Waals surface area contributed by atoms with E-state index in [0.717, 1.165) is 5.75 Å². The summed E-state index contributed by atoms with van der Waals surface area (Å²) >= 11 is 0. The number of carbonyl (C=O) groups is 1.